The number of benzene rings is 1. The van der Waals surface area contributed by atoms with Crippen LogP contribution in [0.15, 0.2) is 18.2 Å². The third-order valence-corrected chi connectivity index (χ3v) is 3.87. The minimum atomic E-state index is -0.0755. The number of aryl methyl sites for hydroxylation is 1. The molecule has 1 saturated heterocycles. The molecule has 0 aromatic heterocycles. The molecule has 2 aliphatic rings. The second-order valence-corrected chi connectivity index (χ2v) is 5.41. The number of hydrogen-bond donors (Lipinski definition) is 3. The van der Waals surface area contributed by atoms with Gasteiger partial charge in [-0.15, -0.1) is 12.4 Å². The Morgan fingerprint density at radius 2 is 2.10 bits per heavy atom. The average Bonchev–Trinajstić information content (AvgIpc) is 2.89. The fourth-order valence-electron chi connectivity index (χ4n) is 2.79. The number of hydrogen-bond acceptors (Lipinski definition) is 3. The largest absolute Gasteiger partial charge is 0.326 e. The van der Waals surface area contributed by atoms with Crippen LogP contribution in [0, 0.1) is 0 Å². The summed E-state index contributed by atoms with van der Waals surface area (Å²) in [7, 11) is 0. The molecule has 21 heavy (non-hydrogen) atoms. The molecular formula is C15H20ClN3O2. The zero-order valence-corrected chi connectivity index (χ0v) is 12.6. The summed E-state index contributed by atoms with van der Waals surface area (Å²) in [6.07, 6.45) is 4.21. The summed E-state index contributed by atoms with van der Waals surface area (Å²) in [6, 6.07) is 5.61. The fourth-order valence-corrected chi connectivity index (χ4v) is 2.79. The minimum absolute atomic E-state index is 0. The van der Waals surface area contributed by atoms with Crippen molar-refractivity contribution in [3.63, 3.8) is 0 Å². The number of carbonyl (C=O) groups excluding carboxylic acids is 2. The topological polar surface area (TPSA) is 70.2 Å². The molecule has 1 atom stereocenters. The van der Waals surface area contributed by atoms with Crippen LogP contribution in [0.25, 0.3) is 0 Å². The van der Waals surface area contributed by atoms with Crippen LogP contribution >= 0.6 is 12.4 Å². The second-order valence-electron chi connectivity index (χ2n) is 5.41. The zero-order chi connectivity index (χ0) is 13.9. The highest BCUT2D eigenvalue weighted by Gasteiger charge is 2.22. The van der Waals surface area contributed by atoms with E-state index in [4.69, 9.17) is 0 Å². The second kappa shape index (κ2) is 6.91. The van der Waals surface area contributed by atoms with Gasteiger partial charge < -0.3 is 16.0 Å². The van der Waals surface area contributed by atoms with E-state index >= 15 is 0 Å². The van der Waals surface area contributed by atoms with Crippen LogP contribution in [0.4, 0.5) is 11.4 Å². The molecule has 0 saturated carbocycles. The Hall–Kier alpha value is -1.59. The first kappa shape index (κ1) is 15.8. The predicted octanol–water partition coefficient (Wildman–Crippen LogP) is 2.07. The van der Waals surface area contributed by atoms with Gasteiger partial charge in [0.15, 0.2) is 0 Å². The van der Waals surface area contributed by atoms with E-state index in [1.807, 2.05) is 18.2 Å². The predicted molar refractivity (Wildman–Crippen MR) is 84.9 cm³/mol. The molecule has 0 radical (unpaired) electrons. The van der Waals surface area contributed by atoms with Crippen LogP contribution in [-0.2, 0) is 16.0 Å². The Balaban J connectivity index is 0.00000161. The van der Waals surface area contributed by atoms with Crippen molar-refractivity contribution in [2.24, 2.45) is 0 Å². The average molecular weight is 310 g/mol. The molecule has 1 aromatic rings. The summed E-state index contributed by atoms with van der Waals surface area (Å²) in [4.78, 5) is 23.6. The van der Waals surface area contributed by atoms with Gasteiger partial charge in [0.25, 0.3) is 0 Å². The lowest BCUT2D eigenvalue weighted by atomic mass is 10.1. The molecule has 5 nitrogen and oxygen atoms in total. The molecule has 1 fully saturated rings. The SMILES string of the molecule is Cl.O=C1CCCc2cc(NC(=O)C3CCCN3)ccc2N1. The van der Waals surface area contributed by atoms with Crippen molar-refractivity contribution in [1.82, 2.24) is 5.32 Å². The van der Waals surface area contributed by atoms with Gasteiger partial charge in [-0.05, 0) is 56.0 Å². The van der Waals surface area contributed by atoms with E-state index in [2.05, 4.69) is 16.0 Å². The molecule has 2 heterocycles. The maximum Gasteiger partial charge on any atom is 0.241 e. The van der Waals surface area contributed by atoms with Gasteiger partial charge in [0, 0.05) is 17.8 Å². The molecule has 1 unspecified atom stereocenters. The van der Waals surface area contributed by atoms with E-state index < -0.39 is 0 Å². The lowest BCUT2D eigenvalue weighted by molar-refractivity contribution is -0.118. The number of nitrogens with one attached hydrogen (secondary N) is 3. The van der Waals surface area contributed by atoms with Crippen LogP contribution in [0.2, 0.25) is 0 Å². The van der Waals surface area contributed by atoms with Crippen molar-refractivity contribution < 1.29 is 9.59 Å². The van der Waals surface area contributed by atoms with Crippen molar-refractivity contribution in [1.29, 1.82) is 0 Å². The van der Waals surface area contributed by atoms with E-state index in [9.17, 15) is 9.59 Å². The van der Waals surface area contributed by atoms with Crippen molar-refractivity contribution in [3.05, 3.63) is 23.8 Å². The summed E-state index contributed by atoms with van der Waals surface area (Å²) in [5.41, 5.74) is 2.76. The standard InChI is InChI=1S/C15H19N3O2.ClH/c19-14-5-1-3-10-9-11(6-7-12(10)18-14)17-15(20)13-4-2-8-16-13;/h6-7,9,13,16H,1-5,8H2,(H,17,20)(H,18,19);1H. The number of anilines is 2. The first-order chi connectivity index (χ1) is 9.72. The van der Waals surface area contributed by atoms with Gasteiger partial charge in [0.1, 0.15) is 0 Å². The Kier molecular flexibility index (Phi) is 5.20. The number of rotatable bonds is 2. The van der Waals surface area contributed by atoms with Crippen molar-refractivity contribution in [2.75, 3.05) is 17.2 Å². The number of fused-ring (bicyclic) bond motifs is 1. The van der Waals surface area contributed by atoms with Crippen LogP contribution in [-0.4, -0.2) is 24.4 Å². The van der Waals surface area contributed by atoms with Crippen LogP contribution in [0.1, 0.15) is 31.2 Å². The van der Waals surface area contributed by atoms with E-state index in [0.717, 1.165) is 49.2 Å². The summed E-state index contributed by atoms with van der Waals surface area (Å²) in [6.45, 7) is 0.911. The fraction of sp³-hybridized carbons (Fsp3) is 0.467. The monoisotopic (exact) mass is 309 g/mol. The van der Waals surface area contributed by atoms with Gasteiger partial charge >= 0.3 is 0 Å². The van der Waals surface area contributed by atoms with Crippen molar-refractivity contribution in [2.45, 2.75) is 38.1 Å². The third kappa shape index (κ3) is 3.74. The highest BCUT2D eigenvalue weighted by Crippen LogP contribution is 2.25. The quantitative estimate of drug-likeness (QED) is 0.783. The molecule has 3 N–H and O–H groups in total. The lowest BCUT2D eigenvalue weighted by Crippen LogP contribution is -2.35. The molecule has 2 amide bonds. The molecule has 2 aliphatic heterocycles. The van der Waals surface area contributed by atoms with Crippen LogP contribution in [0.5, 0.6) is 0 Å². The van der Waals surface area contributed by atoms with Crippen molar-refractivity contribution in [3.8, 4) is 0 Å². The van der Waals surface area contributed by atoms with Gasteiger partial charge in [-0.2, -0.15) is 0 Å². The van der Waals surface area contributed by atoms with E-state index in [1.54, 1.807) is 0 Å². The number of halogens is 1. The Morgan fingerprint density at radius 1 is 1.24 bits per heavy atom. The smallest absolute Gasteiger partial charge is 0.241 e. The molecular weight excluding hydrogens is 290 g/mol. The van der Waals surface area contributed by atoms with E-state index in [1.165, 1.54) is 0 Å². The summed E-state index contributed by atoms with van der Waals surface area (Å²) < 4.78 is 0. The van der Waals surface area contributed by atoms with Crippen LogP contribution in [0.3, 0.4) is 0 Å². The first-order valence-corrected chi connectivity index (χ1v) is 7.19. The lowest BCUT2D eigenvalue weighted by Gasteiger charge is -2.13. The molecule has 6 heteroatoms. The molecule has 0 spiro atoms. The third-order valence-electron chi connectivity index (χ3n) is 3.87. The minimum Gasteiger partial charge on any atom is -0.326 e. The highest BCUT2D eigenvalue weighted by atomic mass is 35.5. The summed E-state index contributed by atoms with van der Waals surface area (Å²) >= 11 is 0. The summed E-state index contributed by atoms with van der Waals surface area (Å²) in [5.74, 6) is 0.0933. The summed E-state index contributed by atoms with van der Waals surface area (Å²) in [5, 5.41) is 9.03. The van der Waals surface area contributed by atoms with Gasteiger partial charge in [0.2, 0.25) is 11.8 Å². The Bertz CT molecular complexity index is 542. The van der Waals surface area contributed by atoms with Gasteiger partial charge in [-0.3, -0.25) is 9.59 Å². The molecule has 3 rings (SSSR count). The van der Waals surface area contributed by atoms with E-state index in [-0.39, 0.29) is 30.3 Å². The van der Waals surface area contributed by atoms with Gasteiger partial charge in [-0.1, -0.05) is 0 Å². The highest BCUT2D eigenvalue weighted by molar-refractivity contribution is 5.96. The Labute approximate surface area is 130 Å². The number of amides is 2. The zero-order valence-electron chi connectivity index (χ0n) is 11.8. The molecule has 114 valence electrons. The van der Waals surface area contributed by atoms with Gasteiger partial charge in [0.05, 0.1) is 6.04 Å². The Morgan fingerprint density at radius 3 is 2.86 bits per heavy atom. The maximum atomic E-state index is 12.1. The first-order valence-electron chi connectivity index (χ1n) is 7.19. The normalized spacial score (nSPS) is 20.8. The van der Waals surface area contributed by atoms with Gasteiger partial charge in [-0.25, -0.2) is 0 Å². The molecule has 0 bridgehead atoms. The molecule has 0 aliphatic carbocycles. The maximum absolute atomic E-state index is 12.1. The van der Waals surface area contributed by atoms with Crippen LogP contribution < -0.4 is 16.0 Å². The molecule has 1 aromatic carbocycles. The number of carbonyl (C=O) groups is 2. The van der Waals surface area contributed by atoms with Crippen molar-refractivity contribution >= 4 is 35.6 Å². The van der Waals surface area contributed by atoms with E-state index in [0.29, 0.717) is 6.42 Å².